The molecule has 0 unspecified atom stereocenters. The lowest BCUT2D eigenvalue weighted by atomic mass is 10.0. The maximum absolute atomic E-state index is 5.61. The lowest BCUT2D eigenvalue weighted by Gasteiger charge is -2.08. The highest BCUT2D eigenvalue weighted by Crippen LogP contribution is 2.43. The van der Waals surface area contributed by atoms with E-state index in [1.165, 1.54) is 0 Å². The number of nitrogens with one attached hydrogen (secondary N) is 1. The van der Waals surface area contributed by atoms with Gasteiger partial charge >= 0.3 is 0 Å². The van der Waals surface area contributed by atoms with Gasteiger partial charge in [-0.05, 0) is 48.5 Å². The molecule has 8 heteroatoms. The number of methoxy groups -OCH3 is 2. The molecule has 2 aliphatic heterocycles. The number of rotatable bonds is 5. The van der Waals surface area contributed by atoms with E-state index in [2.05, 4.69) is 4.98 Å². The molecule has 2 aliphatic rings. The summed E-state index contributed by atoms with van der Waals surface area (Å²) in [7, 11) is 3.25. The van der Waals surface area contributed by atoms with Crippen LogP contribution in [-0.4, -0.2) is 37.8 Å². The molecule has 0 spiro atoms. The van der Waals surface area contributed by atoms with Gasteiger partial charge in [-0.25, -0.2) is 4.98 Å². The molecule has 0 saturated carbocycles. The van der Waals surface area contributed by atoms with Crippen LogP contribution < -0.4 is 28.4 Å². The van der Waals surface area contributed by atoms with Crippen LogP contribution in [0.2, 0.25) is 0 Å². The first-order valence-electron chi connectivity index (χ1n) is 10.4. The molecule has 4 aromatic rings. The number of fused-ring (bicyclic) bond motifs is 2. The van der Waals surface area contributed by atoms with Gasteiger partial charge in [0.05, 0.1) is 31.2 Å². The van der Waals surface area contributed by atoms with E-state index < -0.39 is 0 Å². The van der Waals surface area contributed by atoms with Crippen molar-refractivity contribution in [3.8, 4) is 68.4 Å². The molecule has 1 aromatic heterocycles. The van der Waals surface area contributed by atoms with Gasteiger partial charge in [0.25, 0.3) is 0 Å². The molecule has 6 rings (SSSR count). The Morgan fingerprint density at radius 1 is 0.727 bits per heavy atom. The zero-order valence-corrected chi connectivity index (χ0v) is 18.0. The van der Waals surface area contributed by atoms with Crippen molar-refractivity contribution in [1.29, 1.82) is 0 Å². The fraction of sp³-hybridized carbons (Fsp3) is 0.160. The molecule has 0 atom stereocenters. The van der Waals surface area contributed by atoms with Crippen molar-refractivity contribution in [2.45, 2.75) is 0 Å². The lowest BCUT2D eigenvalue weighted by Crippen LogP contribution is -1.93. The van der Waals surface area contributed by atoms with Crippen molar-refractivity contribution in [2.24, 2.45) is 0 Å². The second-order valence-electron chi connectivity index (χ2n) is 7.51. The summed E-state index contributed by atoms with van der Waals surface area (Å²) >= 11 is 0. The Balaban J connectivity index is 1.53. The number of hydrogen-bond donors (Lipinski definition) is 1. The zero-order chi connectivity index (χ0) is 22.4. The predicted octanol–water partition coefficient (Wildman–Crippen LogP) is 4.89. The second-order valence-corrected chi connectivity index (χ2v) is 7.51. The third-order valence-corrected chi connectivity index (χ3v) is 5.67. The number of ether oxygens (including phenoxy) is 6. The highest BCUT2D eigenvalue weighted by molar-refractivity contribution is 5.84. The Kier molecular flexibility index (Phi) is 4.50. The van der Waals surface area contributed by atoms with E-state index in [1.54, 1.807) is 14.2 Å². The molecule has 0 saturated heterocycles. The molecule has 33 heavy (non-hydrogen) atoms. The van der Waals surface area contributed by atoms with Crippen LogP contribution in [0.1, 0.15) is 0 Å². The van der Waals surface area contributed by atoms with Gasteiger partial charge in [0.1, 0.15) is 17.3 Å². The van der Waals surface area contributed by atoms with Crippen LogP contribution in [0.4, 0.5) is 0 Å². The number of imidazole rings is 1. The molecule has 166 valence electrons. The lowest BCUT2D eigenvalue weighted by molar-refractivity contribution is 0.173. The summed E-state index contributed by atoms with van der Waals surface area (Å²) < 4.78 is 33.1. The van der Waals surface area contributed by atoms with Gasteiger partial charge < -0.3 is 33.4 Å². The largest absolute Gasteiger partial charge is 0.497 e. The van der Waals surface area contributed by atoms with Crippen LogP contribution in [0.5, 0.6) is 34.5 Å². The molecular weight excluding hydrogens is 424 g/mol. The zero-order valence-electron chi connectivity index (χ0n) is 18.0. The SMILES string of the molecule is COc1ccc(-c2nc(-c3ccc4c(c3)OCO4)c(-c3ccc4c(c3)OCO4)[nH]2)c(OC)c1. The quantitative estimate of drug-likeness (QED) is 0.469. The van der Waals surface area contributed by atoms with Gasteiger partial charge in [0, 0.05) is 17.2 Å². The van der Waals surface area contributed by atoms with E-state index in [4.69, 9.17) is 33.4 Å². The highest BCUT2D eigenvalue weighted by atomic mass is 16.7. The fourth-order valence-corrected chi connectivity index (χ4v) is 4.01. The van der Waals surface area contributed by atoms with Gasteiger partial charge in [-0.15, -0.1) is 0 Å². The van der Waals surface area contributed by atoms with Crippen molar-refractivity contribution >= 4 is 0 Å². The number of hydrogen-bond acceptors (Lipinski definition) is 7. The molecule has 0 radical (unpaired) electrons. The number of aromatic amines is 1. The molecule has 0 amide bonds. The standard InChI is InChI=1S/C25H20N2O6/c1-28-16-5-6-17(20(11-16)29-2)25-26-23(14-3-7-18-21(9-14)32-12-30-18)24(27-25)15-4-8-19-22(10-15)33-13-31-19/h3-11H,12-13H2,1-2H3,(H,26,27). The molecule has 0 aliphatic carbocycles. The van der Waals surface area contributed by atoms with E-state index in [9.17, 15) is 0 Å². The number of nitrogens with zero attached hydrogens (tertiary/aromatic N) is 1. The van der Waals surface area contributed by atoms with Gasteiger partial charge in [0.2, 0.25) is 13.6 Å². The van der Waals surface area contributed by atoms with Crippen LogP contribution in [0.25, 0.3) is 33.9 Å². The van der Waals surface area contributed by atoms with E-state index in [-0.39, 0.29) is 13.6 Å². The third kappa shape index (κ3) is 3.27. The molecule has 8 nitrogen and oxygen atoms in total. The highest BCUT2D eigenvalue weighted by Gasteiger charge is 2.22. The molecule has 1 N–H and O–H groups in total. The Morgan fingerprint density at radius 2 is 1.39 bits per heavy atom. The molecule has 0 bridgehead atoms. The van der Waals surface area contributed by atoms with E-state index in [0.717, 1.165) is 39.6 Å². The van der Waals surface area contributed by atoms with Gasteiger partial charge in [-0.3, -0.25) is 0 Å². The second kappa shape index (κ2) is 7.67. The first kappa shape index (κ1) is 19.4. The maximum Gasteiger partial charge on any atom is 0.231 e. The van der Waals surface area contributed by atoms with E-state index in [0.29, 0.717) is 28.8 Å². The molecule has 3 aromatic carbocycles. The first-order chi connectivity index (χ1) is 16.2. The number of H-pyrrole nitrogens is 1. The minimum absolute atomic E-state index is 0.211. The Hall–Kier alpha value is -4.33. The summed E-state index contributed by atoms with van der Waals surface area (Å²) in [6, 6.07) is 17.2. The predicted molar refractivity (Wildman–Crippen MR) is 120 cm³/mol. The van der Waals surface area contributed by atoms with Crippen LogP contribution in [0.3, 0.4) is 0 Å². The van der Waals surface area contributed by atoms with E-state index >= 15 is 0 Å². The summed E-state index contributed by atoms with van der Waals surface area (Å²) in [5.74, 6) is 4.84. The van der Waals surface area contributed by atoms with E-state index in [1.807, 2.05) is 54.6 Å². The maximum atomic E-state index is 5.61. The minimum atomic E-state index is 0.211. The molecule has 0 fully saturated rings. The fourth-order valence-electron chi connectivity index (χ4n) is 4.01. The number of aromatic nitrogens is 2. The average molecular weight is 444 g/mol. The van der Waals surface area contributed by atoms with Crippen LogP contribution >= 0.6 is 0 Å². The van der Waals surface area contributed by atoms with Crippen molar-refractivity contribution in [3.63, 3.8) is 0 Å². The Morgan fingerprint density at radius 3 is 2.09 bits per heavy atom. The third-order valence-electron chi connectivity index (χ3n) is 5.67. The smallest absolute Gasteiger partial charge is 0.231 e. The molecular formula is C25H20N2O6. The topological polar surface area (TPSA) is 84.1 Å². The summed E-state index contributed by atoms with van der Waals surface area (Å²) in [5, 5.41) is 0. The van der Waals surface area contributed by atoms with Crippen molar-refractivity contribution in [1.82, 2.24) is 9.97 Å². The van der Waals surface area contributed by atoms with Crippen LogP contribution in [-0.2, 0) is 0 Å². The minimum Gasteiger partial charge on any atom is -0.497 e. The number of benzene rings is 3. The van der Waals surface area contributed by atoms with Crippen LogP contribution in [0.15, 0.2) is 54.6 Å². The van der Waals surface area contributed by atoms with Crippen molar-refractivity contribution < 1.29 is 28.4 Å². The average Bonchev–Trinajstić information content (AvgIpc) is 3.61. The van der Waals surface area contributed by atoms with Crippen LogP contribution in [0, 0.1) is 0 Å². The van der Waals surface area contributed by atoms with Gasteiger partial charge in [-0.2, -0.15) is 0 Å². The Bertz CT molecular complexity index is 1290. The first-order valence-corrected chi connectivity index (χ1v) is 10.4. The van der Waals surface area contributed by atoms with Gasteiger partial charge in [0.15, 0.2) is 23.0 Å². The summed E-state index contributed by atoms with van der Waals surface area (Å²) in [4.78, 5) is 8.45. The van der Waals surface area contributed by atoms with Crippen molar-refractivity contribution in [3.05, 3.63) is 54.6 Å². The summed E-state index contributed by atoms with van der Waals surface area (Å²) in [6.45, 7) is 0.424. The van der Waals surface area contributed by atoms with Gasteiger partial charge in [-0.1, -0.05) is 0 Å². The van der Waals surface area contributed by atoms with Crippen molar-refractivity contribution in [2.75, 3.05) is 27.8 Å². The molecule has 3 heterocycles. The summed E-state index contributed by atoms with van der Waals surface area (Å²) in [5.41, 5.74) is 4.22. The Labute approximate surface area is 189 Å². The normalized spacial score (nSPS) is 13.3. The summed E-state index contributed by atoms with van der Waals surface area (Å²) in [6.07, 6.45) is 0. The monoisotopic (exact) mass is 444 g/mol.